The number of esters is 1. The summed E-state index contributed by atoms with van der Waals surface area (Å²) in [5, 5.41) is 14.2. The largest absolute Gasteiger partial charge is 0.468 e. The molecule has 5 heteroatoms. The van der Waals surface area contributed by atoms with Crippen LogP contribution in [-0.4, -0.2) is 54.4 Å². The van der Waals surface area contributed by atoms with Crippen LogP contribution >= 0.6 is 0 Å². The fourth-order valence-corrected chi connectivity index (χ4v) is 6.42. The molecule has 0 amide bonds. The highest BCUT2D eigenvalue weighted by Crippen LogP contribution is 2.60. The molecule has 0 radical (unpaired) electrons. The number of ether oxygens (including phenoxy) is 1. The zero-order valence-corrected chi connectivity index (χ0v) is 15.3. The number of carbonyl (C=O) groups is 1. The molecule has 0 aliphatic carbocycles. The van der Waals surface area contributed by atoms with Crippen LogP contribution in [-0.2, 0) is 9.53 Å². The summed E-state index contributed by atoms with van der Waals surface area (Å²) in [7, 11) is 1.45. The number of aliphatic hydroxyl groups is 1. The summed E-state index contributed by atoms with van der Waals surface area (Å²) in [5.41, 5.74) is 3.01. The molecule has 4 fully saturated rings. The van der Waals surface area contributed by atoms with Crippen molar-refractivity contribution >= 4 is 11.7 Å². The fraction of sp³-hybridized carbons (Fsp3) is 0.571. The number of nitrogens with zero attached hydrogens (tertiary/aromatic N) is 1. The summed E-state index contributed by atoms with van der Waals surface area (Å²) >= 11 is 0. The molecule has 1 unspecified atom stereocenters. The zero-order valence-electron chi connectivity index (χ0n) is 15.3. The van der Waals surface area contributed by atoms with Crippen LogP contribution in [0, 0.1) is 11.3 Å². The van der Waals surface area contributed by atoms with Gasteiger partial charge in [0, 0.05) is 42.2 Å². The Morgan fingerprint density at radius 1 is 1.42 bits per heavy atom. The number of hydrogen-bond donors (Lipinski definition) is 2. The Morgan fingerprint density at radius 3 is 2.96 bits per heavy atom. The summed E-state index contributed by atoms with van der Waals surface area (Å²) in [4.78, 5) is 15.4. The van der Waals surface area contributed by atoms with Gasteiger partial charge in [0.1, 0.15) is 5.41 Å². The molecular weight excluding hydrogens is 328 g/mol. The number of rotatable bonds is 2. The molecule has 7 atom stereocenters. The Bertz CT molecular complexity index is 791. The highest BCUT2D eigenvalue weighted by Gasteiger charge is 2.67. The SMILES string of the molecule is C/C=C1\CN2[C@@H]3C[C@@H]1[C@](CO)(C(=O)OC)[C@@H]2C[C@H]1c2ccccc2N[C@@H]31. The van der Waals surface area contributed by atoms with Gasteiger partial charge in [0.15, 0.2) is 0 Å². The average molecular weight is 354 g/mol. The molecule has 0 saturated carbocycles. The van der Waals surface area contributed by atoms with Crippen LogP contribution in [0.1, 0.15) is 31.2 Å². The first kappa shape index (κ1) is 16.3. The van der Waals surface area contributed by atoms with Gasteiger partial charge < -0.3 is 15.2 Å². The van der Waals surface area contributed by atoms with Crippen LogP contribution in [0.15, 0.2) is 35.9 Å². The molecule has 5 heterocycles. The minimum atomic E-state index is -0.839. The van der Waals surface area contributed by atoms with E-state index in [1.54, 1.807) is 0 Å². The number of nitrogens with one attached hydrogen (secondary N) is 1. The van der Waals surface area contributed by atoms with Crippen molar-refractivity contribution in [1.82, 2.24) is 4.90 Å². The van der Waals surface area contributed by atoms with E-state index in [0.717, 1.165) is 19.4 Å². The molecule has 5 nitrogen and oxygen atoms in total. The molecule has 4 bridgehead atoms. The van der Waals surface area contributed by atoms with E-state index >= 15 is 0 Å². The smallest absolute Gasteiger partial charge is 0.316 e. The second-order valence-corrected chi connectivity index (χ2v) is 8.20. The van der Waals surface area contributed by atoms with Gasteiger partial charge in [-0.15, -0.1) is 0 Å². The Kier molecular flexibility index (Phi) is 3.50. The number of fused-ring (bicyclic) bond motifs is 4. The normalized spacial score (nSPS) is 43.6. The quantitative estimate of drug-likeness (QED) is 0.629. The monoisotopic (exact) mass is 354 g/mol. The average Bonchev–Trinajstić information content (AvgIpc) is 3.06. The maximum absolute atomic E-state index is 13.0. The number of aliphatic hydroxyl groups excluding tert-OH is 1. The van der Waals surface area contributed by atoms with Crippen molar-refractivity contribution in [2.75, 3.05) is 25.6 Å². The van der Waals surface area contributed by atoms with Crippen LogP contribution in [0.5, 0.6) is 0 Å². The van der Waals surface area contributed by atoms with E-state index in [0.29, 0.717) is 18.0 Å². The molecule has 0 aromatic heterocycles. The lowest BCUT2D eigenvalue weighted by molar-refractivity contribution is -0.188. The highest BCUT2D eigenvalue weighted by molar-refractivity contribution is 5.80. The zero-order chi connectivity index (χ0) is 18.1. The van der Waals surface area contributed by atoms with E-state index in [-0.39, 0.29) is 24.5 Å². The van der Waals surface area contributed by atoms with E-state index in [9.17, 15) is 9.90 Å². The number of methoxy groups -OCH3 is 1. The minimum absolute atomic E-state index is 0.0293. The molecule has 6 rings (SSSR count). The van der Waals surface area contributed by atoms with Gasteiger partial charge in [0.05, 0.1) is 13.7 Å². The molecular formula is C21H26N2O3. The van der Waals surface area contributed by atoms with Gasteiger partial charge in [0.2, 0.25) is 0 Å². The molecule has 138 valence electrons. The van der Waals surface area contributed by atoms with Gasteiger partial charge in [-0.05, 0) is 31.4 Å². The van der Waals surface area contributed by atoms with Crippen LogP contribution in [0.4, 0.5) is 5.69 Å². The Morgan fingerprint density at radius 2 is 2.23 bits per heavy atom. The second kappa shape index (κ2) is 5.57. The van der Waals surface area contributed by atoms with Crippen molar-refractivity contribution in [3.05, 3.63) is 41.5 Å². The number of piperidine rings is 4. The molecule has 4 saturated heterocycles. The number of hydrogen-bond acceptors (Lipinski definition) is 5. The topological polar surface area (TPSA) is 61.8 Å². The van der Waals surface area contributed by atoms with Gasteiger partial charge in [-0.25, -0.2) is 0 Å². The van der Waals surface area contributed by atoms with E-state index in [1.807, 2.05) is 6.92 Å². The molecule has 1 aromatic carbocycles. The fourth-order valence-electron chi connectivity index (χ4n) is 6.42. The van der Waals surface area contributed by atoms with E-state index in [1.165, 1.54) is 23.9 Å². The standard InChI is InChI=1S/C21H26N2O3/c1-3-12-10-23-17-9-15(12)21(11-24,20(25)26-2)18(23)8-14-13-6-4-5-7-16(13)22-19(14)17/h3-7,14-15,17-19,22,24H,8-11H2,1-2H3/b12-3+/t14-,15-,17+,18-,19+,21-/m0/s1. The van der Waals surface area contributed by atoms with Gasteiger partial charge >= 0.3 is 5.97 Å². The third-order valence-electron chi connectivity index (χ3n) is 7.54. The summed E-state index contributed by atoms with van der Waals surface area (Å²) in [6.45, 7) is 2.79. The van der Waals surface area contributed by atoms with Crippen molar-refractivity contribution in [3.8, 4) is 0 Å². The number of para-hydroxylation sites is 1. The maximum atomic E-state index is 13.0. The molecule has 5 aliphatic heterocycles. The van der Waals surface area contributed by atoms with Gasteiger partial charge in [-0.2, -0.15) is 0 Å². The van der Waals surface area contributed by atoms with Crippen molar-refractivity contribution in [2.24, 2.45) is 11.3 Å². The Hall–Kier alpha value is -1.85. The summed E-state index contributed by atoms with van der Waals surface area (Å²) < 4.78 is 5.23. The summed E-state index contributed by atoms with van der Waals surface area (Å²) in [5.74, 6) is 0.202. The first-order valence-corrected chi connectivity index (χ1v) is 9.61. The van der Waals surface area contributed by atoms with Crippen molar-refractivity contribution < 1.29 is 14.6 Å². The first-order valence-electron chi connectivity index (χ1n) is 9.61. The van der Waals surface area contributed by atoms with Crippen molar-refractivity contribution in [3.63, 3.8) is 0 Å². The van der Waals surface area contributed by atoms with E-state index in [2.05, 4.69) is 40.6 Å². The first-order chi connectivity index (χ1) is 12.7. The minimum Gasteiger partial charge on any atom is -0.468 e. The lowest BCUT2D eigenvalue weighted by Gasteiger charge is -2.65. The summed E-state index contributed by atoms with van der Waals surface area (Å²) in [6.07, 6.45) is 3.91. The van der Waals surface area contributed by atoms with Gasteiger partial charge in [0.25, 0.3) is 0 Å². The van der Waals surface area contributed by atoms with Gasteiger partial charge in [-0.3, -0.25) is 9.69 Å². The number of anilines is 1. The molecule has 0 spiro atoms. The summed E-state index contributed by atoms with van der Waals surface area (Å²) in [6, 6.07) is 9.34. The van der Waals surface area contributed by atoms with E-state index < -0.39 is 5.41 Å². The highest BCUT2D eigenvalue weighted by atomic mass is 16.5. The number of benzene rings is 1. The van der Waals surface area contributed by atoms with Gasteiger partial charge in [-0.1, -0.05) is 29.8 Å². The molecule has 5 aliphatic rings. The third-order valence-corrected chi connectivity index (χ3v) is 7.54. The predicted molar refractivity (Wildman–Crippen MR) is 98.9 cm³/mol. The van der Waals surface area contributed by atoms with Crippen LogP contribution in [0.3, 0.4) is 0 Å². The Balaban J connectivity index is 1.63. The third kappa shape index (κ3) is 1.80. The van der Waals surface area contributed by atoms with Crippen molar-refractivity contribution in [2.45, 2.75) is 43.8 Å². The Labute approximate surface area is 154 Å². The van der Waals surface area contributed by atoms with Crippen molar-refractivity contribution in [1.29, 1.82) is 0 Å². The lowest BCUT2D eigenvalue weighted by Crippen LogP contribution is -2.75. The second-order valence-electron chi connectivity index (χ2n) is 8.20. The van der Waals surface area contributed by atoms with Crippen LogP contribution in [0.25, 0.3) is 0 Å². The predicted octanol–water partition coefficient (Wildman–Crippen LogP) is 2.14. The van der Waals surface area contributed by atoms with E-state index in [4.69, 9.17) is 4.74 Å². The molecule has 26 heavy (non-hydrogen) atoms. The molecule has 2 N–H and O–H groups in total. The molecule has 1 aromatic rings. The number of allylic oxidation sites excluding steroid dienone is 1. The number of carbonyl (C=O) groups excluding carboxylic acids is 1. The lowest BCUT2D eigenvalue weighted by atomic mass is 9.53. The maximum Gasteiger partial charge on any atom is 0.316 e. The van der Waals surface area contributed by atoms with Crippen LogP contribution in [0.2, 0.25) is 0 Å². The van der Waals surface area contributed by atoms with Crippen LogP contribution < -0.4 is 5.32 Å².